The van der Waals surface area contributed by atoms with Crippen molar-refractivity contribution in [3.05, 3.63) is 35.9 Å². The van der Waals surface area contributed by atoms with E-state index < -0.39 is 0 Å². The molecular weight excluding hydrogens is 226 g/mol. The molecular formula is C13H11N5. The normalized spacial score (nSPS) is 13.3. The van der Waals surface area contributed by atoms with E-state index in [1.165, 1.54) is 0 Å². The van der Waals surface area contributed by atoms with Gasteiger partial charge in [-0.25, -0.2) is 9.97 Å². The number of fused-ring (bicyclic) bond motifs is 4. The summed E-state index contributed by atoms with van der Waals surface area (Å²) in [6.07, 6.45) is 5.24. The van der Waals surface area contributed by atoms with Gasteiger partial charge >= 0.3 is 0 Å². The smallest absolute Gasteiger partial charge is 0.180 e. The van der Waals surface area contributed by atoms with Crippen LogP contribution in [0.1, 0.15) is 11.3 Å². The van der Waals surface area contributed by atoms with Gasteiger partial charge in [-0.15, -0.1) is 0 Å². The Morgan fingerprint density at radius 2 is 2.17 bits per heavy atom. The number of aromatic nitrogens is 4. The average molecular weight is 237 g/mol. The lowest BCUT2D eigenvalue weighted by molar-refractivity contribution is 0.890. The lowest BCUT2D eigenvalue weighted by atomic mass is 9.91. The molecule has 5 heteroatoms. The average Bonchev–Trinajstić information content (AvgIpc) is 2.87. The summed E-state index contributed by atoms with van der Waals surface area (Å²) in [5, 5.41) is 0. The van der Waals surface area contributed by atoms with Crippen LogP contribution in [0, 0.1) is 0 Å². The molecule has 1 aliphatic rings. The largest absolute Gasteiger partial charge is 0.397 e. The van der Waals surface area contributed by atoms with Crippen LogP contribution in [0.2, 0.25) is 0 Å². The standard InChI is InChI=1S/C13H11N5/c14-10-8-3-4-9-7(2-1-5-15-9)11(8)18-13-12(10)16-6-17-13/h1-2,5-6H,3-4H2,(H3,14,16,17,18). The van der Waals surface area contributed by atoms with Crippen LogP contribution in [0.5, 0.6) is 0 Å². The molecule has 0 spiro atoms. The predicted molar refractivity (Wildman–Crippen MR) is 68.9 cm³/mol. The molecule has 0 bridgehead atoms. The number of aryl methyl sites for hydroxylation is 1. The maximum absolute atomic E-state index is 6.21. The van der Waals surface area contributed by atoms with Crippen molar-refractivity contribution in [2.24, 2.45) is 0 Å². The molecule has 3 N–H and O–H groups in total. The van der Waals surface area contributed by atoms with E-state index in [2.05, 4.69) is 19.9 Å². The van der Waals surface area contributed by atoms with Crippen LogP contribution in [-0.4, -0.2) is 19.9 Å². The minimum atomic E-state index is 0.669. The van der Waals surface area contributed by atoms with Crippen molar-refractivity contribution < 1.29 is 0 Å². The van der Waals surface area contributed by atoms with E-state index in [9.17, 15) is 0 Å². The Kier molecular flexibility index (Phi) is 1.75. The van der Waals surface area contributed by atoms with E-state index in [-0.39, 0.29) is 0 Å². The number of H-pyrrole nitrogens is 1. The van der Waals surface area contributed by atoms with E-state index in [4.69, 9.17) is 5.73 Å². The third-order valence-corrected chi connectivity index (χ3v) is 3.47. The lowest BCUT2D eigenvalue weighted by Gasteiger charge is -2.19. The fraction of sp³-hybridized carbons (Fsp3) is 0.154. The number of nitrogens with one attached hydrogen (secondary N) is 1. The second-order valence-corrected chi connectivity index (χ2v) is 4.45. The van der Waals surface area contributed by atoms with Gasteiger partial charge in [0.25, 0.3) is 0 Å². The van der Waals surface area contributed by atoms with E-state index in [1.54, 1.807) is 6.33 Å². The molecule has 3 heterocycles. The summed E-state index contributed by atoms with van der Waals surface area (Å²) in [5.41, 5.74) is 12.7. The molecule has 18 heavy (non-hydrogen) atoms. The van der Waals surface area contributed by atoms with E-state index in [0.717, 1.165) is 46.6 Å². The van der Waals surface area contributed by atoms with Crippen molar-refractivity contribution in [2.45, 2.75) is 12.8 Å². The van der Waals surface area contributed by atoms with Crippen LogP contribution in [0.3, 0.4) is 0 Å². The van der Waals surface area contributed by atoms with Crippen LogP contribution in [0.25, 0.3) is 22.4 Å². The molecule has 4 rings (SSSR count). The highest BCUT2D eigenvalue weighted by Gasteiger charge is 2.22. The fourth-order valence-corrected chi connectivity index (χ4v) is 2.59. The number of hydrogen-bond donors (Lipinski definition) is 2. The molecule has 3 aromatic rings. The number of pyridine rings is 2. The van der Waals surface area contributed by atoms with E-state index >= 15 is 0 Å². The Labute approximate surface area is 103 Å². The third-order valence-electron chi connectivity index (χ3n) is 3.47. The molecule has 0 fully saturated rings. The van der Waals surface area contributed by atoms with Crippen LogP contribution < -0.4 is 5.73 Å². The van der Waals surface area contributed by atoms with Crippen LogP contribution in [-0.2, 0) is 12.8 Å². The van der Waals surface area contributed by atoms with Gasteiger partial charge in [0, 0.05) is 17.3 Å². The Morgan fingerprint density at radius 1 is 1.22 bits per heavy atom. The first-order valence-electron chi connectivity index (χ1n) is 5.90. The molecule has 0 aromatic carbocycles. The van der Waals surface area contributed by atoms with Gasteiger partial charge in [0.05, 0.1) is 23.4 Å². The first-order valence-corrected chi connectivity index (χ1v) is 5.90. The SMILES string of the molecule is Nc1c2c(nc3nc[nH]c13)-c1cccnc1CC2. The number of nitrogens with zero attached hydrogens (tertiary/aromatic N) is 3. The molecule has 0 amide bonds. The number of nitrogens with two attached hydrogens (primary N) is 1. The Hall–Kier alpha value is -2.43. The van der Waals surface area contributed by atoms with E-state index in [0.29, 0.717) is 5.65 Å². The van der Waals surface area contributed by atoms with E-state index in [1.807, 2.05) is 18.3 Å². The Bertz CT molecular complexity index is 759. The number of anilines is 1. The maximum Gasteiger partial charge on any atom is 0.180 e. The topological polar surface area (TPSA) is 80.5 Å². The van der Waals surface area contributed by atoms with Gasteiger partial charge in [-0.2, -0.15) is 0 Å². The van der Waals surface area contributed by atoms with Gasteiger partial charge in [-0.3, -0.25) is 4.98 Å². The summed E-state index contributed by atoms with van der Waals surface area (Å²) < 4.78 is 0. The Morgan fingerprint density at radius 3 is 3.11 bits per heavy atom. The quantitative estimate of drug-likeness (QED) is 0.623. The molecule has 0 aliphatic heterocycles. The highest BCUT2D eigenvalue weighted by molar-refractivity contribution is 5.91. The molecule has 5 nitrogen and oxygen atoms in total. The summed E-state index contributed by atoms with van der Waals surface area (Å²) in [5.74, 6) is 0. The number of aromatic amines is 1. The van der Waals surface area contributed by atoms with Crippen LogP contribution in [0.4, 0.5) is 5.69 Å². The molecule has 0 unspecified atom stereocenters. The molecule has 0 atom stereocenters. The highest BCUT2D eigenvalue weighted by Crippen LogP contribution is 2.36. The number of rotatable bonds is 0. The van der Waals surface area contributed by atoms with Crippen molar-refractivity contribution in [3.8, 4) is 11.3 Å². The van der Waals surface area contributed by atoms with Crippen molar-refractivity contribution in [1.82, 2.24) is 19.9 Å². The zero-order chi connectivity index (χ0) is 12.1. The number of hydrogen-bond acceptors (Lipinski definition) is 4. The zero-order valence-electron chi connectivity index (χ0n) is 9.64. The second kappa shape index (κ2) is 3.29. The van der Waals surface area contributed by atoms with Crippen molar-refractivity contribution in [2.75, 3.05) is 5.73 Å². The summed E-state index contributed by atoms with van der Waals surface area (Å²) >= 11 is 0. The molecule has 88 valence electrons. The van der Waals surface area contributed by atoms with Gasteiger partial charge in [-0.1, -0.05) is 0 Å². The van der Waals surface area contributed by atoms with Crippen molar-refractivity contribution in [3.63, 3.8) is 0 Å². The zero-order valence-corrected chi connectivity index (χ0v) is 9.64. The summed E-state index contributed by atoms with van der Waals surface area (Å²) in [6.45, 7) is 0. The Balaban J connectivity index is 2.12. The maximum atomic E-state index is 6.21. The lowest BCUT2D eigenvalue weighted by Crippen LogP contribution is -2.10. The molecule has 0 saturated carbocycles. The van der Waals surface area contributed by atoms with Gasteiger partial charge in [-0.05, 0) is 25.0 Å². The summed E-state index contributed by atoms with van der Waals surface area (Å²) in [7, 11) is 0. The minimum absolute atomic E-state index is 0.669. The van der Waals surface area contributed by atoms with Crippen molar-refractivity contribution >= 4 is 16.9 Å². The van der Waals surface area contributed by atoms with Gasteiger partial charge < -0.3 is 10.7 Å². The van der Waals surface area contributed by atoms with Gasteiger partial charge in [0.1, 0.15) is 5.52 Å². The van der Waals surface area contributed by atoms with Crippen molar-refractivity contribution in [1.29, 1.82) is 0 Å². The highest BCUT2D eigenvalue weighted by atomic mass is 15.0. The fourth-order valence-electron chi connectivity index (χ4n) is 2.59. The first kappa shape index (κ1) is 9.58. The second-order valence-electron chi connectivity index (χ2n) is 4.45. The first-order chi connectivity index (χ1) is 8.84. The van der Waals surface area contributed by atoms with Crippen LogP contribution >= 0.6 is 0 Å². The summed E-state index contributed by atoms with van der Waals surface area (Å²) in [4.78, 5) is 16.3. The molecule has 1 aliphatic carbocycles. The number of imidazole rings is 1. The minimum Gasteiger partial charge on any atom is -0.397 e. The molecule has 3 aromatic heterocycles. The van der Waals surface area contributed by atoms with Gasteiger partial charge in [0.15, 0.2) is 5.65 Å². The third kappa shape index (κ3) is 1.13. The number of nitrogen functional groups attached to an aromatic ring is 1. The molecule has 0 radical (unpaired) electrons. The monoisotopic (exact) mass is 237 g/mol. The van der Waals surface area contributed by atoms with Gasteiger partial charge in [0.2, 0.25) is 0 Å². The predicted octanol–water partition coefficient (Wildman–Crippen LogP) is 1.70. The molecule has 0 saturated heterocycles. The van der Waals surface area contributed by atoms with Crippen LogP contribution in [0.15, 0.2) is 24.7 Å². The summed E-state index contributed by atoms with van der Waals surface area (Å²) in [6, 6.07) is 3.98.